The fraction of sp³-hybridized carbons (Fsp3) is 0.417. The van der Waals surface area contributed by atoms with Crippen LogP contribution in [0, 0.1) is 0 Å². The highest BCUT2D eigenvalue weighted by atomic mass is 32.2. The highest BCUT2D eigenvalue weighted by Gasteiger charge is 2.01. The summed E-state index contributed by atoms with van der Waals surface area (Å²) in [5.74, 6) is 0.0206. The summed E-state index contributed by atoms with van der Waals surface area (Å²) in [4.78, 5) is 10.5. The molecular weight excluding hydrogens is 282 g/mol. The van der Waals surface area contributed by atoms with Crippen LogP contribution in [-0.4, -0.2) is 33.2 Å². The summed E-state index contributed by atoms with van der Waals surface area (Å²) in [6.45, 7) is 1.03. The maximum atomic E-state index is 10.7. The molecule has 0 aliphatic rings. The highest BCUT2D eigenvalue weighted by Crippen LogP contribution is 2.11. The van der Waals surface area contributed by atoms with Crippen molar-refractivity contribution in [3.63, 3.8) is 0 Å². The van der Waals surface area contributed by atoms with Crippen LogP contribution in [0.15, 0.2) is 24.3 Å². The molecule has 0 radical (unpaired) electrons. The Morgan fingerprint density at radius 3 is 2.45 bits per heavy atom. The first-order valence-corrected chi connectivity index (χ1v) is 7.79. The lowest BCUT2D eigenvalue weighted by atomic mass is 10.2. The van der Waals surface area contributed by atoms with Crippen molar-refractivity contribution in [2.45, 2.75) is 13.0 Å². The zero-order chi connectivity index (χ0) is 15.0. The van der Waals surface area contributed by atoms with Gasteiger partial charge in [-0.2, -0.15) is 0 Å². The van der Waals surface area contributed by atoms with Crippen LogP contribution in [-0.2, 0) is 21.4 Å². The van der Waals surface area contributed by atoms with Gasteiger partial charge in [0.2, 0.25) is 10.0 Å². The second-order valence-corrected chi connectivity index (χ2v) is 6.03. The Morgan fingerprint density at radius 2 is 1.90 bits per heavy atom. The van der Waals surface area contributed by atoms with E-state index >= 15 is 0 Å². The van der Waals surface area contributed by atoms with Gasteiger partial charge in [0, 0.05) is 6.54 Å². The predicted octanol–water partition coefficient (Wildman–Crippen LogP) is -0.681. The molecule has 0 aliphatic heterocycles. The topological polar surface area (TPSA) is 125 Å². The van der Waals surface area contributed by atoms with E-state index in [1.807, 2.05) is 12.1 Å². The van der Waals surface area contributed by atoms with Crippen LogP contribution >= 0.6 is 0 Å². The molecule has 0 saturated carbocycles. The number of carbonyl (C=O) groups is 1. The molecule has 112 valence electrons. The molecular formula is C12H19N3O4S. The fourth-order valence-corrected chi connectivity index (χ4v) is 2.04. The van der Waals surface area contributed by atoms with Crippen LogP contribution in [0.3, 0.4) is 0 Å². The first-order valence-electron chi connectivity index (χ1n) is 6.08. The highest BCUT2D eigenvalue weighted by molar-refractivity contribution is 7.89. The van der Waals surface area contributed by atoms with Crippen LogP contribution in [0.1, 0.15) is 12.0 Å². The minimum Gasteiger partial charge on any atom is -0.484 e. The van der Waals surface area contributed by atoms with E-state index in [4.69, 9.17) is 15.6 Å². The molecule has 0 aliphatic carbocycles. The third kappa shape index (κ3) is 7.72. The lowest BCUT2D eigenvalue weighted by Crippen LogP contribution is -2.22. The van der Waals surface area contributed by atoms with E-state index in [-0.39, 0.29) is 12.4 Å². The first-order chi connectivity index (χ1) is 9.37. The van der Waals surface area contributed by atoms with E-state index < -0.39 is 15.9 Å². The van der Waals surface area contributed by atoms with Gasteiger partial charge in [-0.05, 0) is 30.7 Å². The summed E-state index contributed by atoms with van der Waals surface area (Å²) in [5, 5.41) is 8.00. The second-order valence-electron chi connectivity index (χ2n) is 4.30. The Labute approximate surface area is 118 Å². The van der Waals surface area contributed by atoms with Gasteiger partial charge in [-0.15, -0.1) is 0 Å². The number of primary amides is 1. The Balaban J connectivity index is 2.26. The van der Waals surface area contributed by atoms with Crippen molar-refractivity contribution >= 4 is 15.9 Å². The van der Waals surface area contributed by atoms with Gasteiger partial charge < -0.3 is 15.8 Å². The number of benzene rings is 1. The number of carbonyl (C=O) groups excluding carboxylic acids is 1. The van der Waals surface area contributed by atoms with Crippen LogP contribution in [0.4, 0.5) is 0 Å². The smallest absolute Gasteiger partial charge is 0.255 e. The average Bonchev–Trinajstić information content (AvgIpc) is 2.36. The van der Waals surface area contributed by atoms with E-state index in [0.29, 0.717) is 25.3 Å². The Morgan fingerprint density at radius 1 is 1.25 bits per heavy atom. The Hall–Kier alpha value is -1.64. The van der Waals surface area contributed by atoms with Crippen molar-refractivity contribution in [1.82, 2.24) is 5.32 Å². The number of amides is 1. The fourth-order valence-electron chi connectivity index (χ4n) is 1.49. The lowest BCUT2D eigenvalue weighted by Gasteiger charge is -2.07. The summed E-state index contributed by atoms with van der Waals surface area (Å²) in [5.41, 5.74) is 5.99. The molecule has 0 bridgehead atoms. The molecule has 0 saturated heterocycles. The minimum atomic E-state index is -3.38. The summed E-state index contributed by atoms with van der Waals surface area (Å²) >= 11 is 0. The number of hydrogen-bond donors (Lipinski definition) is 3. The van der Waals surface area contributed by atoms with Crippen molar-refractivity contribution in [3.8, 4) is 5.75 Å². The number of rotatable bonds is 9. The molecule has 1 rings (SSSR count). The number of sulfonamides is 1. The van der Waals surface area contributed by atoms with Crippen LogP contribution in [0.2, 0.25) is 0 Å². The van der Waals surface area contributed by atoms with Gasteiger partial charge in [0.1, 0.15) is 5.75 Å². The maximum Gasteiger partial charge on any atom is 0.255 e. The summed E-state index contributed by atoms with van der Waals surface area (Å²) < 4.78 is 26.6. The molecule has 1 aromatic rings. The van der Waals surface area contributed by atoms with Gasteiger partial charge in [0.15, 0.2) is 6.61 Å². The van der Waals surface area contributed by atoms with Gasteiger partial charge in [-0.25, -0.2) is 13.6 Å². The zero-order valence-corrected chi connectivity index (χ0v) is 11.9. The predicted molar refractivity (Wildman–Crippen MR) is 75.4 cm³/mol. The standard InChI is InChI=1S/C12H19N3O4S/c13-12(16)9-19-11-4-2-10(3-5-11)8-15-6-1-7-20(14,17)18/h2-5,15H,1,6-9H2,(H2,13,16)(H2,14,17,18). The number of hydrogen-bond acceptors (Lipinski definition) is 5. The molecule has 20 heavy (non-hydrogen) atoms. The molecule has 0 unspecified atom stereocenters. The molecule has 0 spiro atoms. The van der Waals surface area contributed by atoms with Crippen molar-refractivity contribution in [3.05, 3.63) is 29.8 Å². The number of ether oxygens (including phenoxy) is 1. The van der Waals surface area contributed by atoms with Gasteiger partial charge in [-0.3, -0.25) is 4.79 Å². The van der Waals surface area contributed by atoms with Crippen LogP contribution < -0.4 is 20.9 Å². The molecule has 5 N–H and O–H groups in total. The van der Waals surface area contributed by atoms with Crippen molar-refractivity contribution in [2.24, 2.45) is 10.9 Å². The van der Waals surface area contributed by atoms with E-state index in [1.165, 1.54) is 0 Å². The van der Waals surface area contributed by atoms with Crippen molar-refractivity contribution in [2.75, 3.05) is 18.9 Å². The van der Waals surface area contributed by atoms with Gasteiger partial charge in [0.25, 0.3) is 5.91 Å². The third-order valence-electron chi connectivity index (χ3n) is 2.42. The Bertz CT molecular complexity index is 528. The molecule has 0 fully saturated rings. The van der Waals surface area contributed by atoms with Gasteiger partial charge in [0.05, 0.1) is 5.75 Å². The molecule has 7 nitrogen and oxygen atoms in total. The normalized spacial score (nSPS) is 11.2. The molecule has 0 atom stereocenters. The monoisotopic (exact) mass is 301 g/mol. The molecule has 1 aromatic carbocycles. The van der Waals surface area contributed by atoms with E-state index in [2.05, 4.69) is 5.32 Å². The summed E-state index contributed by atoms with van der Waals surface area (Å²) in [6, 6.07) is 7.18. The molecule has 0 aromatic heterocycles. The van der Waals surface area contributed by atoms with Gasteiger partial charge in [-0.1, -0.05) is 12.1 Å². The third-order valence-corrected chi connectivity index (χ3v) is 3.27. The quantitative estimate of drug-likeness (QED) is 0.521. The lowest BCUT2D eigenvalue weighted by molar-refractivity contribution is -0.119. The minimum absolute atomic E-state index is 0.0279. The molecule has 8 heteroatoms. The molecule has 0 heterocycles. The second kappa shape index (κ2) is 7.83. The van der Waals surface area contributed by atoms with Crippen LogP contribution in [0.5, 0.6) is 5.75 Å². The zero-order valence-electron chi connectivity index (χ0n) is 11.0. The van der Waals surface area contributed by atoms with Crippen molar-refractivity contribution in [1.29, 1.82) is 0 Å². The van der Waals surface area contributed by atoms with E-state index in [1.54, 1.807) is 12.1 Å². The summed E-state index contributed by atoms with van der Waals surface area (Å²) in [7, 11) is -3.38. The van der Waals surface area contributed by atoms with Gasteiger partial charge >= 0.3 is 0 Å². The largest absolute Gasteiger partial charge is 0.484 e. The Kier molecular flexibility index (Phi) is 6.43. The first kappa shape index (κ1) is 16.4. The maximum absolute atomic E-state index is 10.7. The number of nitrogens with one attached hydrogen (secondary N) is 1. The van der Waals surface area contributed by atoms with E-state index in [0.717, 1.165) is 5.56 Å². The van der Waals surface area contributed by atoms with Crippen LogP contribution in [0.25, 0.3) is 0 Å². The molecule has 1 amide bonds. The summed E-state index contributed by atoms with van der Waals surface area (Å²) in [6.07, 6.45) is 0.471. The number of primary sulfonamides is 1. The number of nitrogens with two attached hydrogens (primary N) is 2. The van der Waals surface area contributed by atoms with E-state index in [9.17, 15) is 13.2 Å². The van der Waals surface area contributed by atoms with Crippen molar-refractivity contribution < 1.29 is 17.9 Å². The SMILES string of the molecule is NC(=O)COc1ccc(CNCCCS(N)(=O)=O)cc1. The average molecular weight is 301 g/mol.